The number of piperidine rings is 1. The van der Waals surface area contributed by atoms with Gasteiger partial charge in [-0.25, -0.2) is 0 Å². The summed E-state index contributed by atoms with van der Waals surface area (Å²) in [6, 6.07) is 8.90. The molecule has 1 aromatic carbocycles. The molecular formula is C22H29N7. The normalized spacial score (nSPS) is 18.1. The summed E-state index contributed by atoms with van der Waals surface area (Å²) in [4.78, 5) is 2.58. The largest absolute Gasteiger partial charge is 0.312 e. The monoisotopic (exact) mass is 391 g/mol. The second kappa shape index (κ2) is 7.72. The molecule has 0 bridgehead atoms. The quantitative estimate of drug-likeness (QED) is 0.740. The van der Waals surface area contributed by atoms with Gasteiger partial charge in [-0.3, -0.25) is 9.58 Å². The Kier molecular flexibility index (Phi) is 4.93. The summed E-state index contributed by atoms with van der Waals surface area (Å²) >= 11 is 0. The summed E-state index contributed by atoms with van der Waals surface area (Å²) in [5.74, 6) is 2.82. The number of fused-ring (bicyclic) bond motifs is 1. The molecule has 2 aromatic heterocycles. The minimum atomic E-state index is 0.528. The Morgan fingerprint density at radius 3 is 2.76 bits per heavy atom. The van der Waals surface area contributed by atoms with Crippen LogP contribution < -0.4 is 5.32 Å². The average molecular weight is 392 g/mol. The summed E-state index contributed by atoms with van der Waals surface area (Å²) < 4.78 is 4.31. The number of likely N-dealkylation sites (tertiary alicyclic amines) is 1. The van der Waals surface area contributed by atoms with Gasteiger partial charge in [0.05, 0.1) is 12.2 Å². The van der Waals surface area contributed by atoms with E-state index < -0.39 is 0 Å². The number of hydrogen-bond donors (Lipinski definition) is 1. The predicted molar refractivity (Wildman–Crippen MR) is 112 cm³/mol. The molecule has 5 rings (SSSR count). The third-order valence-electron chi connectivity index (χ3n) is 6.36. The Bertz CT molecular complexity index is 995. The van der Waals surface area contributed by atoms with Gasteiger partial charge in [0.1, 0.15) is 11.6 Å². The first-order valence-corrected chi connectivity index (χ1v) is 10.6. The van der Waals surface area contributed by atoms with E-state index in [1.807, 2.05) is 17.9 Å². The molecule has 2 aliphatic heterocycles. The molecule has 0 unspecified atom stereocenters. The van der Waals surface area contributed by atoms with Crippen LogP contribution >= 0.6 is 0 Å². The molecule has 0 spiro atoms. The van der Waals surface area contributed by atoms with Crippen molar-refractivity contribution in [1.82, 2.24) is 34.8 Å². The van der Waals surface area contributed by atoms with E-state index in [1.54, 1.807) is 0 Å². The van der Waals surface area contributed by atoms with Gasteiger partial charge in [-0.1, -0.05) is 17.7 Å². The van der Waals surface area contributed by atoms with Crippen LogP contribution in [0.5, 0.6) is 0 Å². The standard InChI is InChI=1S/C22H29N7/c1-16-3-4-18(19(13-16)20-5-8-24-27(20)2)15-28-10-6-17(7-11-28)22-26-25-21-14-23-9-12-29(21)22/h3-5,8,13,17,23H,6-7,9-12,14-15H2,1-2H3. The van der Waals surface area contributed by atoms with Gasteiger partial charge in [0.25, 0.3) is 0 Å². The number of aryl methyl sites for hydroxylation is 2. The molecule has 0 saturated carbocycles. The van der Waals surface area contributed by atoms with Crippen molar-refractivity contribution in [2.24, 2.45) is 7.05 Å². The molecule has 3 aromatic rings. The molecule has 1 saturated heterocycles. The maximum atomic E-state index is 4.54. The number of nitrogens with one attached hydrogen (secondary N) is 1. The lowest BCUT2D eigenvalue weighted by Crippen LogP contribution is -2.34. The smallest absolute Gasteiger partial charge is 0.147 e. The lowest BCUT2D eigenvalue weighted by atomic mass is 9.94. The summed E-state index contributed by atoms with van der Waals surface area (Å²) in [6.07, 6.45) is 4.18. The van der Waals surface area contributed by atoms with Gasteiger partial charge in [-0.15, -0.1) is 10.2 Å². The molecule has 0 atom stereocenters. The lowest BCUT2D eigenvalue weighted by molar-refractivity contribution is 0.199. The molecule has 7 heteroatoms. The minimum Gasteiger partial charge on any atom is -0.312 e. The van der Waals surface area contributed by atoms with Crippen LogP contribution in [0.2, 0.25) is 0 Å². The highest BCUT2D eigenvalue weighted by Crippen LogP contribution is 2.31. The maximum absolute atomic E-state index is 4.54. The molecule has 152 valence electrons. The van der Waals surface area contributed by atoms with Gasteiger partial charge < -0.3 is 9.88 Å². The SMILES string of the molecule is Cc1ccc(CN2CCC(c3nnc4n3CCNC4)CC2)c(-c2ccnn2C)c1. The van der Waals surface area contributed by atoms with Crippen molar-refractivity contribution >= 4 is 0 Å². The molecule has 0 aliphatic carbocycles. The van der Waals surface area contributed by atoms with E-state index in [0.717, 1.165) is 57.9 Å². The highest BCUT2D eigenvalue weighted by atomic mass is 15.3. The Balaban J connectivity index is 1.29. The van der Waals surface area contributed by atoms with Crippen molar-refractivity contribution in [3.63, 3.8) is 0 Å². The fraction of sp³-hybridized carbons (Fsp3) is 0.500. The predicted octanol–water partition coefficient (Wildman–Crippen LogP) is 2.47. The Morgan fingerprint density at radius 2 is 1.97 bits per heavy atom. The topological polar surface area (TPSA) is 63.8 Å². The fourth-order valence-electron chi connectivity index (χ4n) is 4.71. The van der Waals surface area contributed by atoms with Crippen LogP contribution in [0.25, 0.3) is 11.3 Å². The first-order valence-electron chi connectivity index (χ1n) is 10.6. The number of nitrogens with zero attached hydrogens (tertiary/aromatic N) is 6. The number of benzene rings is 1. The van der Waals surface area contributed by atoms with E-state index in [1.165, 1.54) is 28.2 Å². The van der Waals surface area contributed by atoms with E-state index in [9.17, 15) is 0 Å². The van der Waals surface area contributed by atoms with Gasteiger partial charge in [-0.05, 0) is 50.6 Å². The molecule has 29 heavy (non-hydrogen) atoms. The highest BCUT2D eigenvalue weighted by molar-refractivity contribution is 5.64. The van der Waals surface area contributed by atoms with E-state index >= 15 is 0 Å². The van der Waals surface area contributed by atoms with Crippen molar-refractivity contribution in [2.75, 3.05) is 19.6 Å². The van der Waals surface area contributed by atoms with E-state index in [2.05, 4.69) is 61.3 Å². The van der Waals surface area contributed by atoms with Gasteiger partial charge in [0.15, 0.2) is 0 Å². The Hall–Kier alpha value is -2.51. The van der Waals surface area contributed by atoms with E-state index in [0.29, 0.717) is 5.92 Å². The Labute approximate surface area is 171 Å². The number of hydrogen-bond acceptors (Lipinski definition) is 5. The average Bonchev–Trinajstić information content (AvgIpc) is 3.36. The van der Waals surface area contributed by atoms with Crippen molar-refractivity contribution in [3.05, 3.63) is 53.2 Å². The maximum Gasteiger partial charge on any atom is 0.147 e. The zero-order chi connectivity index (χ0) is 19.8. The van der Waals surface area contributed by atoms with Crippen LogP contribution in [0.1, 0.15) is 41.5 Å². The molecule has 1 fully saturated rings. The van der Waals surface area contributed by atoms with Crippen LogP contribution in [0.3, 0.4) is 0 Å². The van der Waals surface area contributed by atoms with Crippen LogP contribution in [-0.4, -0.2) is 49.1 Å². The first-order chi connectivity index (χ1) is 14.2. The number of aromatic nitrogens is 5. The summed E-state index contributed by atoms with van der Waals surface area (Å²) in [7, 11) is 2.02. The van der Waals surface area contributed by atoms with Crippen molar-refractivity contribution in [3.8, 4) is 11.3 Å². The molecule has 1 N–H and O–H groups in total. The van der Waals surface area contributed by atoms with Crippen LogP contribution in [0, 0.1) is 6.92 Å². The van der Waals surface area contributed by atoms with Crippen molar-refractivity contribution < 1.29 is 0 Å². The zero-order valence-electron chi connectivity index (χ0n) is 17.3. The van der Waals surface area contributed by atoms with Crippen molar-refractivity contribution in [1.29, 1.82) is 0 Å². The van der Waals surface area contributed by atoms with Crippen molar-refractivity contribution in [2.45, 2.75) is 45.3 Å². The lowest BCUT2D eigenvalue weighted by Gasteiger charge is -2.32. The van der Waals surface area contributed by atoms with Gasteiger partial charge >= 0.3 is 0 Å². The van der Waals surface area contributed by atoms with E-state index in [-0.39, 0.29) is 0 Å². The molecule has 0 amide bonds. The molecule has 7 nitrogen and oxygen atoms in total. The van der Waals surface area contributed by atoms with Crippen LogP contribution in [0.15, 0.2) is 30.5 Å². The second-order valence-electron chi connectivity index (χ2n) is 8.35. The highest BCUT2D eigenvalue weighted by Gasteiger charge is 2.27. The summed E-state index contributed by atoms with van der Waals surface area (Å²) in [5.41, 5.74) is 5.15. The minimum absolute atomic E-state index is 0.528. The van der Waals surface area contributed by atoms with Gasteiger partial charge in [0, 0.05) is 44.4 Å². The molecule has 0 radical (unpaired) electrons. The number of rotatable bonds is 4. The summed E-state index contributed by atoms with van der Waals surface area (Å²) in [5, 5.41) is 16.7. The van der Waals surface area contributed by atoms with Crippen LogP contribution in [-0.2, 0) is 26.7 Å². The van der Waals surface area contributed by atoms with Gasteiger partial charge in [-0.2, -0.15) is 5.10 Å². The van der Waals surface area contributed by atoms with E-state index in [4.69, 9.17) is 0 Å². The van der Waals surface area contributed by atoms with Gasteiger partial charge in [0.2, 0.25) is 0 Å². The fourth-order valence-corrected chi connectivity index (χ4v) is 4.71. The summed E-state index contributed by atoms with van der Waals surface area (Å²) in [6.45, 7) is 8.19. The molecule has 2 aliphatic rings. The Morgan fingerprint density at radius 1 is 1.10 bits per heavy atom. The third-order valence-corrected chi connectivity index (χ3v) is 6.36. The first kappa shape index (κ1) is 18.5. The molecule has 4 heterocycles. The molecular weight excluding hydrogens is 362 g/mol. The third kappa shape index (κ3) is 3.60. The zero-order valence-corrected chi connectivity index (χ0v) is 17.3. The second-order valence-corrected chi connectivity index (χ2v) is 8.35. The van der Waals surface area contributed by atoms with Crippen LogP contribution in [0.4, 0.5) is 0 Å².